The van der Waals surface area contributed by atoms with Gasteiger partial charge in [0.05, 0.1) is 19.8 Å². The average Bonchev–Trinajstić information content (AvgIpc) is 3.09. The molecule has 2 heterocycles. The van der Waals surface area contributed by atoms with Crippen LogP contribution < -0.4 is 9.81 Å². The average molecular weight is 466 g/mol. The predicted molar refractivity (Wildman–Crippen MR) is 111 cm³/mol. The van der Waals surface area contributed by atoms with Crippen LogP contribution in [0.4, 0.5) is 0 Å². The van der Waals surface area contributed by atoms with Gasteiger partial charge in [-0.25, -0.2) is 14.4 Å². The van der Waals surface area contributed by atoms with Gasteiger partial charge >= 0.3 is 27.7 Å². The maximum Gasteiger partial charge on any atom is 0.349 e. The lowest BCUT2D eigenvalue weighted by molar-refractivity contribution is 0.0596. The predicted octanol–water partition coefficient (Wildman–Crippen LogP) is 3.07. The summed E-state index contributed by atoms with van der Waals surface area (Å²) in [6, 6.07) is 5.61. The molecule has 0 saturated carbocycles. The Balaban J connectivity index is 2.11. The van der Waals surface area contributed by atoms with E-state index >= 15 is 0 Å². The Bertz CT molecular complexity index is 1350. The van der Waals surface area contributed by atoms with Crippen LogP contribution in [0.2, 0.25) is 0 Å². The van der Waals surface area contributed by atoms with Gasteiger partial charge in [0.2, 0.25) is 0 Å². The molecular formula is C20H18O9S2. The Morgan fingerprint density at radius 1 is 1.10 bits per heavy atom. The zero-order valence-electron chi connectivity index (χ0n) is 17.0. The molecule has 0 unspecified atom stereocenters. The smallest absolute Gasteiger partial charge is 0.349 e. The van der Waals surface area contributed by atoms with E-state index in [-0.39, 0.29) is 27.3 Å². The number of aryl methyl sites for hydroxylation is 1. The largest absolute Gasteiger partial charge is 0.465 e. The summed E-state index contributed by atoms with van der Waals surface area (Å²) in [5, 5.41) is 0.641. The summed E-state index contributed by atoms with van der Waals surface area (Å²) < 4.78 is 45.1. The molecule has 9 nitrogen and oxygen atoms in total. The van der Waals surface area contributed by atoms with Crippen LogP contribution in [0.25, 0.3) is 11.0 Å². The van der Waals surface area contributed by atoms with Crippen molar-refractivity contribution in [2.75, 3.05) is 14.2 Å². The second-order valence-electron chi connectivity index (χ2n) is 6.34. The highest BCUT2D eigenvalue weighted by Gasteiger charge is 2.34. The molecular weight excluding hydrogens is 448 g/mol. The van der Waals surface area contributed by atoms with Crippen molar-refractivity contribution in [3.63, 3.8) is 0 Å². The summed E-state index contributed by atoms with van der Waals surface area (Å²) >= 11 is 0.539. The molecule has 0 aliphatic carbocycles. The third kappa shape index (κ3) is 4.19. The van der Waals surface area contributed by atoms with Crippen molar-refractivity contribution in [3.8, 4) is 5.75 Å². The Kier molecular flexibility index (Phi) is 6.18. The van der Waals surface area contributed by atoms with E-state index in [2.05, 4.69) is 9.47 Å². The quantitative estimate of drug-likeness (QED) is 0.306. The molecule has 164 valence electrons. The van der Waals surface area contributed by atoms with Crippen LogP contribution in [-0.2, 0) is 26.0 Å². The van der Waals surface area contributed by atoms with Crippen LogP contribution >= 0.6 is 11.3 Å². The first kappa shape index (κ1) is 22.5. The van der Waals surface area contributed by atoms with E-state index in [0.717, 1.165) is 19.8 Å². The Labute approximate surface area is 181 Å². The van der Waals surface area contributed by atoms with Gasteiger partial charge < -0.3 is 18.1 Å². The van der Waals surface area contributed by atoms with E-state index in [4.69, 9.17) is 8.60 Å². The van der Waals surface area contributed by atoms with Gasteiger partial charge in [0.15, 0.2) is 4.21 Å². The van der Waals surface area contributed by atoms with Crippen LogP contribution in [0.1, 0.15) is 38.1 Å². The van der Waals surface area contributed by atoms with Crippen molar-refractivity contribution in [1.82, 2.24) is 0 Å². The van der Waals surface area contributed by atoms with Gasteiger partial charge in [0.25, 0.3) is 0 Å². The number of benzene rings is 1. The maximum atomic E-state index is 13.0. The number of carbonyl (C=O) groups excluding carboxylic acids is 2. The number of hydrogen-bond acceptors (Lipinski definition) is 10. The lowest BCUT2D eigenvalue weighted by Gasteiger charge is -2.09. The fraction of sp³-hybridized carbons (Fsp3) is 0.250. The second kappa shape index (κ2) is 8.52. The number of esters is 2. The van der Waals surface area contributed by atoms with Crippen LogP contribution in [0, 0.1) is 6.92 Å². The van der Waals surface area contributed by atoms with Gasteiger partial charge in [-0.15, -0.1) is 11.3 Å². The fourth-order valence-corrected chi connectivity index (χ4v) is 5.63. The van der Waals surface area contributed by atoms with E-state index in [0.29, 0.717) is 23.1 Å². The normalized spacial score (nSPS) is 11.4. The monoisotopic (exact) mass is 466 g/mol. The molecule has 0 radical (unpaired) electrons. The van der Waals surface area contributed by atoms with Gasteiger partial charge in [-0.05, 0) is 36.6 Å². The van der Waals surface area contributed by atoms with Gasteiger partial charge in [-0.1, -0.05) is 6.92 Å². The van der Waals surface area contributed by atoms with Crippen LogP contribution in [0.5, 0.6) is 5.75 Å². The Morgan fingerprint density at radius 2 is 1.77 bits per heavy atom. The third-order valence-electron chi connectivity index (χ3n) is 4.49. The zero-order valence-corrected chi connectivity index (χ0v) is 18.6. The first-order valence-electron chi connectivity index (χ1n) is 8.94. The van der Waals surface area contributed by atoms with Crippen molar-refractivity contribution in [1.29, 1.82) is 0 Å². The number of hydrogen-bond donors (Lipinski definition) is 0. The molecule has 0 amide bonds. The molecule has 0 aliphatic rings. The Hall–Kier alpha value is -3.18. The van der Waals surface area contributed by atoms with Crippen LogP contribution in [-0.4, -0.2) is 34.6 Å². The Morgan fingerprint density at radius 3 is 2.39 bits per heavy atom. The number of thiophene rings is 1. The number of rotatable bonds is 6. The summed E-state index contributed by atoms with van der Waals surface area (Å²) in [6.45, 7) is 3.28. The van der Waals surface area contributed by atoms with Crippen molar-refractivity contribution in [2.24, 2.45) is 0 Å². The molecule has 0 bridgehead atoms. The highest BCUT2D eigenvalue weighted by Crippen LogP contribution is 2.35. The summed E-state index contributed by atoms with van der Waals surface area (Å²) in [4.78, 5) is 35.9. The molecule has 11 heteroatoms. The molecule has 31 heavy (non-hydrogen) atoms. The molecule has 0 aliphatic heterocycles. The minimum absolute atomic E-state index is 0.0674. The highest BCUT2D eigenvalue weighted by molar-refractivity contribution is 7.89. The summed E-state index contributed by atoms with van der Waals surface area (Å²) in [6.07, 6.45) is 0.577. The number of ether oxygens (including phenoxy) is 2. The van der Waals surface area contributed by atoms with E-state index < -0.39 is 31.9 Å². The van der Waals surface area contributed by atoms with Crippen LogP contribution in [0.15, 0.2) is 37.7 Å². The van der Waals surface area contributed by atoms with Crippen molar-refractivity contribution in [3.05, 3.63) is 56.3 Å². The molecule has 0 atom stereocenters. The summed E-state index contributed by atoms with van der Waals surface area (Å²) in [5.74, 6) is -1.87. The van der Waals surface area contributed by atoms with E-state index in [1.165, 1.54) is 25.1 Å². The molecule has 3 aromatic rings. The zero-order chi connectivity index (χ0) is 22.9. The third-order valence-corrected chi connectivity index (χ3v) is 7.49. The SMILES string of the molecule is CCc1cc(=O)oc2cc(OS(=O)(=O)c3sc(C(=O)OC)c(C)c3C(=O)OC)ccc12. The topological polar surface area (TPSA) is 126 Å². The first-order chi connectivity index (χ1) is 14.6. The van der Waals surface area contributed by atoms with Crippen LogP contribution in [0.3, 0.4) is 0 Å². The van der Waals surface area contributed by atoms with Gasteiger partial charge in [0.1, 0.15) is 16.2 Å². The second-order valence-corrected chi connectivity index (χ2v) is 9.10. The van der Waals surface area contributed by atoms with Gasteiger partial charge in [-0.2, -0.15) is 8.42 Å². The molecule has 2 aromatic heterocycles. The standard InChI is InChI=1S/C20H18O9S2/c1-5-11-8-15(21)28-14-9-12(6-7-13(11)14)29-31(24,25)20-16(18(22)26-3)10(2)17(30-20)19(23)27-4/h6-9H,5H2,1-4H3. The number of fused-ring (bicyclic) bond motifs is 1. The maximum absolute atomic E-state index is 13.0. The molecule has 0 fully saturated rings. The van der Waals surface area contributed by atoms with E-state index in [1.807, 2.05) is 6.92 Å². The van der Waals surface area contributed by atoms with Crippen molar-refractivity contribution in [2.45, 2.75) is 24.5 Å². The summed E-state index contributed by atoms with van der Waals surface area (Å²) in [7, 11) is -2.32. The highest BCUT2D eigenvalue weighted by atomic mass is 32.3. The van der Waals surface area contributed by atoms with E-state index in [9.17, 15) is 22.8 Å². The molecule has 0 saturated heterocycles. The molecule has 3 rings (SSSR count). The lowest BCUT2D eigenvalue weighted by Crippen LogP contribution is -2.14. The first-order valence-corrected chi connectivity index (χ1v) is 11.2. The summed E-state index contributed by atoms with van der Waals surface area (Å²) in [5.41, 5.74) is 0.110. The van der Waals surface area contributed by atoms with Gasteiger partial charge in [0, 0.05) is 17.5 Å². The number of carbonyl (C=O) groups is 2. The van der Waals surface area contributed by atoms with Crippen molar-refractivity contribution >= 4 is 44.4 Å². The molecule has 0 spiro atoms. The van der Waals surface area contributed by atoms with E-state index in [1.54, 1.807) is 6.07 Å². The van der Waals surface area contributed by atoms with Crippen molar-refractivity contribution < 1.29 is 36.1 Å². The lowest BCUT2D eigenvalue weighted by atomic mass is 10.1. The molecule has 1 aromatic carbocycles. The minimum Gasteiger partial charge on any atom is -0.465 e. The fourth-order valence-electron chi connectivity index (χ4n) is 3.01. The molecule has 0 N–H and O–H groups in total. The number of methoxy groups -OCH3 is 2. The minimum atomic E-state index is -4.55. The van der Waals surface area contributed by atoms with Gasteiger partial charge in [-0.3, -0.25) is 0 Å².